The van der Waals surface area contributed by atoms with Crippen molar-refractivity contribution in [2.75, 3.05) is 30.8 Å². The maximum atomic E-state index is 13.5. The first kappa shape index (κ1) is 32.0. The second-order valence-corrected chi connectivity index (χ2v) is 11.9. The summed E-state index contributed by atoms with van der Waals surface area (Å²) in [6.45, 7) is 4.42. The van der Waals surface area contributed by atoms with E-state index in [2.05, 4.69) is 5.32 Å². The zero-order chi connectivity index (χ0) is 28.5. The summed E-state index contributed by atoms with van der Waals surface area (Å²) >= 11 is 18.6. The van der Waals surface area contributed by atoms with Crippen LogP contribution in [0.5, 0.6) is 5.75 Å². The predicted molar refractivity (Wildman–Crippen MR) is 154 cm³/mol. The lowest BCUT2D eigenvalue weighted by molar-refractivity contribution is -0.141. The van der Waals surface area contributed by atoms with Gasteiger partial charge in [-0.25, -0.2) is 8.42 Å². The number of nitrogens with one attached hydrogen (secondary N) is 1. The van der Waals surface area contributed by atoms with Crippen LogP contribution in [0, 0.1) is 0 Å². The number of nitrogens with zero attached hydrogens (tertiary/aromatic N) is 2. The molecule has 0 aromatic heterocycles. The smallest absolute Gasteiger partial charge is 0.242 e. The number of amides is 2. The average molecular weight is 607 g/mol. The van der Waals surface area contributed by atoms with Gasteiger partial charge < -0.3 is 15.0 Å². The van der Waals surface area contributed by atoms with Crippen LogP contribution in [0.1, 0.15) is 45.1 Å². The zero-order valence-electron chi connectivity index (χ0n) is 22.0. The Balaban J connectivity index is 2.26. The van der Waals surface area contributed by atoms with E-state index < -0.39 is 16.1 Å². The maximum Gasteiger partial charge on any atom is 0.242 e. The molecule has 0 heterocycles. The fourth-order valence-electron chi connectivity index (χ4n) is 3.93. The molecule has 0 radical (unpaired) electrons. The van der Waals surface area contributed by atoms with Crippen LogP contribution in [0.3, 0.4) is 0 Å². The quantitative estimate of drug-likeness (QED) is 0.305. The highest BCUT2D eigenvalue weighted by atomic mass is 35.5. The summed E-state index contributed by atoms with van der Waals surface area (Å²) < 4.78 is 31.4. The first-order valence-corrected chi connectivity index (χ1v) is 15.2. The van der Waals surface area contributed by atoms with Crippen molar-refractivity contribution >= 4 is 62.3 Å². The molecule has 8 nitrogen and oxygen atoms in total. The van der Waals surface area contributed by atoms with Crippen LogP contribution >= 0.6 is 34.8 Å². The monoisotopic (exact) mass is 605 g/mol. The Morgan fingerprint density at radius 2 is 1.76 bits per heavy atom. The number of benzene rings is 2. The molecule has 0 aliphatic rings. The Bertz CT molecular complexity index is 1230. The molecule has 2 amide bonds. The SMILES string of the molecule is CCCNC(=O)[C@H](CC)N(Cc1ccc(Cl)cc1Cl)C(=O)CCCN(c1ccc(OC)c(Cl)c1)S(C)(=O)=O. The van der Waals surface area contributed by atoms with Crippen molar-refractivity contribution in [3.63, 3.8) is 0 Å². The Hall–Kier alpha value is -2.20. The van der Waals surface area contributed by atoms with Crippen LogP contribution in [0.4, 0.5) is 5.69 Å². The van der Waals surface area contributed by atoms with Crippen molar-refractivity contribution in [2.45, 2.75) is 52.1 Å². The van der Waals surface area contributed by atoms with Crippen LogP contribution in [-0.2, 0) is 26.2 Å². The minimum atomic E-state index is -3.66. The van der Waals surface area contributed by atoms with Gasteiger partial charge in [-0.2, -0.15) is 0 Å². The van der Waals surface area contributed by atoms with Crippen LogP contribution in [0.15, 0.2) is 36.4 Å². The lowest BCUT2D eigenvalue weighted by atomic mass is 10.1. The van der Waals surface area contributed by atoms with E-state index in [-0.39, 0.29) is 42.8 Å². The number of rotatable bonds is 14. The van der Waals surface area contributed by atoms with Crippen molar-refractivity contribution < 1.29 is 22.7 Å². The molecule has 38 heavy (non-hydrogen) atoms. The molecule has 210 valence electrons. The minimum Gasteiger partial charge on any atom is -0.495 e. The number of methoxy groups -OCH3 is 1. The lowest BCUT2D eigenvalue weighted by Gasteiger charge is -2.31. The second-order valence-electron chi connectivity index (χ2n) is 8.73. The van der Waals surface area contributed by atoms with Gasteiger partial charge in [0.1, 0.15) is 11.8 Å². The van der Waals surface area contributed by atoms with Gasteiger partial charge in [0, 0.05) is 36.1 Å². The third-order valence-corrected chi connectivity index (χ3v) is 7.94. The Labute approximate surface area is 240 Å². The molecule has 0 saturated carbocycles. The van der Waals surface area contributed by atoms with Gasteiger partial charge >= 0.3 is 0 Å². The predicted octanol–water partition coefficient (Wildman–Crippen LogP) is 5.54. The van der Waals surface area contributed by atoms with E-state index in [1.54, 1.807) is 30.3 Å². The van der Waals surface area contributed by atoms with Gasteiger partial charge in [-0.05, 0) is 55.2 Å². The number of ether oxygens (including phenoxy) is 1. The van der Waals surface area contributed by atoms with Gasteiger partial charge in [-0.3, -0.25) is 13.9 Å². The van der Waals surface area contributed by atoms with E-state index in [0.29, 0.717) is 40.0 Å². The topological polar surface area (TPSA) is 96.0 Å². The van der Waals surface area contributed by atoms with Crippen molar-refractivity contribution in [3.05, 3.63) is 57.0 Å². The standard InChI is InChI=1S/C26H34Cl3N3O5S/c1-5-13-30-26(34)23(6-2)31(17-18-9-10-19(27)15-21(18)28)25(33)8-7-14-32(38(4,35)36)20-11-12-24(37-3)22(29)16-20/h9-12,15-16,23H,5-8,13-14,17H2,1-4H3,(H,30,34)/t23-/m0/s1. The molecule has 0 bridgehead atoms. The van der Waals surface area contributed by atoms with Gasteiger partial charge in [0.05, 0.1) is 24.1 Å². The number of hydrogen-bond acceptors (Lipinski definition) is 5. The second kappa shape index (κ2) is 14.8. The molecular weight excluding hydrogens is 573 g/mol. The number of sulfonamides is 1. The van der Waals surface area contributed by atoms with E-state index in [4.69, 9.17) is 39.5 Å². The number of carbonyl (C=O) groups is 2. The third kappa shape index (κ3) is 8.93. The van der Waals surface area contributed by atoms with Gasteiger partial charge in [0.2, 0.25) is 21.8 Å². The van der Waals surface area contributed by atoms with E-state index in [9.17, 15) is 18.0 Å². The molecule has 2 rings (SSSR count). The van der Waals surface area contributed by atoms with Gasteiger partial charge in [0.15, 0.2) is 0 Å². The largest absolute Gasteiger partial charge is 0.495 e. The molecule has 1 atom stereocenters. The Morgan fingerprint density at radius 1 is 1.05 bits per heavy atom. The van der Waals surface area contributed by atoms with E-state index in [1.807, 2.05) is 13.8 Å². The first-order chi connectivity index (χ1) is 17.9. The molecule has 1 N–H and O–H groups in total. The molecule has 0 unspecified atom stereocenters. The first-order valence-electron chi connectivity index (χ1n) is 12.2. The Morgan fingerprint density at radius 3 is 2.32 bits per heavy atom. The van der Waals surface area contributed by atoms with Gasteiger partial charge in [0.25, 0.3) is 0 Å². The molecule has 2 aromatic rings. The van der Waals surface area contributed by atoms with Crippen molar-refractivity contribution in [1.29, 1.82) is 0 Å². The highest BCUT2D eigenvalue weighted by Gasteiger charge is 2.29. The van der Waals surface area contributed by atoms with Crippen molar-refractivity contribution in [1.82, 2.24) is 10.2 Å². The van der Waals surface area contributed by atoms with Gasteiger partial charge in [-0.15, -0.1) is 0 Å². The molecule has 12 heteroatoms. The fraction of sp³-hybridized carbons (Fsp3) is 0.462. The van der Waals surface area contributed by atoms with Crippen molar-refractivity contribution in [3.8, 4) is 5.75 Å². The molecule has 2 aromatic carbocycles. The summed E-state index contributed by atoms with van der Waals surface area (Å²) in [7, 11) is -2.19. The highest BCUT2D eigenvalue weighted by Crippen LogP contribution is 2.30. The summed E-state index contributed by atoms with van der Waals surface area (Å²) in [5.41, 5.74) is 1.01. The average Bonchev–Trinajstić information content (AvgIpc) is 2.85. The third-order valence-electron chi connectivity index (χ3n) is 5.87. The minimum absolute atomic E-state index is 0.0126. The van der Waals surface area contributed by atoms with Crippen LogP contribution in [0.2, 0.25) is 15.1 Å². The van der Waals surface area contributed by atoms with Crippen LogP contribution < -0.4 is 14.4 Å². The molecule has 0 aliphatic carbocycles. The number of hydrogen-bond donors (Lipinski definition) is 1. The van der Waals surface area contributed by atoms with E-state index >= 15 is 0 Å². The highest BCUT2D eigenvalue weighted by molar-refractivity contribution is 7.92. The van der Waals surface area contributed by atoms with E-state index in [1.165, 1.54) is 22.4 Å². The van der Waals surface area contributed by atoms with E-state index in [0.717, 1.165) is 12.7 Å². The summed E-state index contributed by atoms with van der Waals surface area (Å²) in [4.78, 5) is 27.9. The van der Waals surface area contributed by atoms with Gasteiger partial charge in [-0.1, -0.05) is 54.7 Å². The fourth-order valence-corrected chi connectivity index (χ4v) is 5.61. The molecule has 0 fully saturated rings. The summed E-state index contributed by atoms with van der Waals surface area (Å²) in [6.07, 6.45) is 2.47. The van der Waals surface area contributed by atoms with Crippen LogP contribution in [0.25, 0.3) is 0 Å². The summed E-state index contributed by atoms with van der Waals surface area (Å²) in [5.74, 6) is -0.128. The molecule has 0 aliphatic heterocycles. The number of anilines is 1. The number of carbonyl (C=O) groups excluding carboxylic acids is 2. The molecule has 0 spiro atoms. The summed E-state index contributed by atoms with van der Waals surface area (Å²) in [5, 5.41) is 3.98. The number of halogens is 3. The maximum absolute atomic E-state index is 13.5. The zero-order valence-corrected chi connectivity index (χ0v) is 25.1. The molecular formula is C26H34Cl3N3O5S. The molecule has 0 saturated heterocycles. The van der Waals surface area contributed by atoms with Crippen LogP contribution in [-0.4, -0.2) is 57.6 Å². The normalized spacial score (nSPS) is 12.1. The lowest BCUT2D eigenvalue weighted by Crippen LogP contribution is -2.49. The summed E-state index contributed by atoms with van der Waals surface area (Å²) in [6, 6.07) is 8.94. The van der Waals surface area contributed by atoms with Crippen molar-refractivity contribution in [2.24, 2.45) is 0 Å². The Kier molecular flexibility index (Phi) is 12.5.